The van der Waals surface area contributed by atoms with E-state index in [0.717, 1.165) is 27.7 Å². The summed E-state index contributed by atoms with van der Waals surface area (Å²) in [6.07, 6.45) is 1.84. The second kappa shape index (κ2) is 4.97. The highest BCUT2D eigenvalue weighted by Gasteiger charge is 2.13. The molecule has 2 aromatic heterocycles. The average molecular weight is 288 g/mol. The summed E-state index contributed by atoms with van der Waals surface area (Å²) in [4.78, 5) is 16.1. The lowest BCUT2D eigenvalue weighted by molar-refractivity contribution is -0.136. The number of benzene rings is 1. The smallest absolute Gasteiger partial charge is 0.309 e. The molecule has 0 amide bonds. The second-order valence-electron chi connectivity index (χ2n) is 4.28. The Bertz CT molecular complexity index is 776. The Balaban J connectivity index is 2.09. The first kappa shape index (κ1) is 12.7. The first-order chi connectivity index (χ1) is 9.69. The van der Waals surface area contributed by atoms with Gasteiger partial charge in [0, 0.05) is 22.8 Å². The number of carbonyl (C=O) groups is 1. The molecule has 1 N–H and O–H groups in total. The van der Waals surface area contributed by atoms with E-state index < -0.39 is 5.97 Å². The maximum absolute atomic E-state index is 10.8. The molecule has 3 aromatic rings. The van der Waals surface area contributed by atoms with Crippen LogP contribution in [0.5, 0.6) is 5.75 Å². The molecular formula is C14H12N2O3S. The predicted octanol–water partition coefficient (Wildman–Crippen LogP) is 2.70. The fraction of sp³-hybridized carbons (Fsp3) is 0.143. The molecule has 0 aliphatic rings. The van der Waals surface area contributed by atoms with Crippen molar-refractivity contribution in [3.05, 3.63) is 41.5 Å². The number of nitrogens with zero attached hydrogens (tertiary/aromatic N) is 2. The lowest BCUT2D eigenvalue weighted by Crippen LogP contribution is -2.02. The van der Waals surface area contributed by atoms with Gasteiger partial charge in [0.05, 0.1) is 19.2 Å². The third-order valence-corrected chi connectivity index (χ3v) is 3.89. The SMILES string of the molecule is COc1ccccc1-c1cn2c(CC(=O)O)csc2n1. The molecule has 0 radical (unpaired) electrons. The normalized spacial score (nSPS) is 10.8. The number of imidazole rings is 1. The van der Waals surface area contributed by atoms with E-state index in [2.05, 4.69) is 4.98 Å². The third-order valence-electron chi connectivity index (χ3n) is 3.00. The molecule has 1 aromatic carbocycles. The van der Waals surface area contributed by atoms with Gasteiger partial charge >= 0.3 is 5.97 Å². The second-order valence-corrected chi connectivity index (χ2v) is 5.11. The number of rotatable bonds is 4. The summed E-state index contributed by atoms with van der Waals surface area (Å²) in [5, 5.41) is 10.7. The van der Waals surface area contributed by atoms with E-state index in [1.54, 1.807) is 7.11 Å². The molecule has 6 heteroatoms. The molecular weight excluding hydrogens is 276 g/mol. The van der Waals surface area contributed by atoms with E-state index in [1.165, 1.54) is 11.3 Å². The van der Waals surface area contributed by atoms with Gasteiger partial charge in [-0.15, -0.1) is 11.3 Å². The highest BCUT2D eigenvalue weighted by molar-refractivity contribution is 7.15. The summed E-state index contributed by atoms with van der Waals surface area (Å²) in [6, 6.07) is 7.63. The highest BCUT2D eigenvalue weighted by atomic mass is 32.1. The molecule has 2 heterocycles. The van der Waals surface area contributed by atoms with E-state index in [9.17, 15) is 4.79 Å². The molecule has 0 atom stereocenters. The zero-order valence-electron chi connectivity index (χ0n) is 10.7. The Morgan fingerprint density at radius 2 is 2.25 bits per heavy atom. The molecule has 0 aliphatic heterocycles. The molecule has 0 bridgehead atoms. The van der Waals surface area contributed by atoms with Crippen molar-refractivity contribution in [3.63, 3.8) is 0 Å². The predicted molar refractivity (Wildman–Crippen MR) is 76.4 cm³/mol. The van der Waals surface area contributed by atoms with Crippen molar-refractivity contribution in [1.82, 2.24) is 9.38 Å². The van der Waals surface area contributed by atoms with Gasteiger partial charge in [-0.25, -0.2) is 4.98 Å². The monoisotopic (exact) mass is 288 g/mol. The summed E-state index contributed by atoms with van der Waals surface area (Å²) in [6.45, 7) is 0. The molecule has 102 valence electrons. The number of methoxy groups -OCH3 is 1. The molecule has 3 rings (SSSR count). The van der Waals surface area contributed by atoms with Crippen LogP contribution < -0.4 is 4.74 Å². The number of fused-ring (bicyclic) bond motifs is 1. The van der Waals surface area contributed by atoms with Crippen molar-refractivity contribution in [2.45, 2.75) is 6.42 Å². The standard InChI is InChI=1S/C14H12N2O3S/c1-19-12-5-3-2-4-10(12)11-7-16-9(6-13(17)18)8-20-14(16)15-11/h2-5,7-8H,6H2,1H3,(H,17,18). The van der Waals surface area contributed by atoms with Gasteiger partial charge in [0.1, 0.15) is 5.75 Å². The molecule has 5 nitrogen and oxygen atoms in total. The van der Waals surface area contributed by atoms with Gasteiger partial charge in [0.25, 0.3) is 0 Å². The van der Waals surface area contributed by atoms with Crippen LogP contribution in [-0.2, 0) is 11.2 Å². The maximum atomic E-state index is 10.8. The van der Waals surface area contributed by atoms with Crippen molar-refractivity contribution in [2.24, 2.45) is 0 Å². The van der Waals surface area contributed by atoms with Crippen LogP contribution in [0.25, 0.3) is 16.2 Å². The zero-order valence-corrected chi connectivity index (χ0v) is 11.6. The average Bonchev–Trinajstić information content (AvgIpc) is 3.00. The summed E-state index contributed by atoms with van der Waals surface area (Å²) in [5.74, 6) is -0.102. The highest BCUT2D eigenvalue weighted by Crippen LogP contribution is 2.30. The Hall–Kier alpha value is -2.34. The topological polar surface area (TPSA) is 63.8 Å². The maximum Gasteiger partial charge on any atom is 0.309 e. The Morgan fingerprint density at radius 1 is 1.45 bits per heavy atom. The van der Waals surface area contributed by atoms with Crippen LogP contribution >= 0.6 is 11.3 Å². The van der Waals surface area contributed by atoms with Crippen LogP contribution in [0.2, 0.25) is 0 Å². The quantitative estimate of drug-likeness (QED) is 0.801. The number of thiazole rings is 1. The first-order valence-electron chi connectivity index (χ1n) is 5.99. The number of ether oxygens (including phenoxy) is 1. The fourth-order valence-electron chi connectivity index (χ4n) is 2.10. The van der Waals surface area contributed by atoms with E-state index in [-0.39, 0.29) is 6.42 Å². The molecule has 0 saturated heterocycles. The van der Waals surface area contributed by atoms with Crippen LogP contribution in [0.1, 0.15) is 5.69 Å². The lowest BCUT2D eigenvalue weighted by atomic mass is 10.1. The molecule has 0 aliphatic carbocycles. The minimum absolute atomic E-state index is 0.0122. The number of carboxylic acids is 1. The Morgan fingerprint density at radius 3 is 3.00 bits per heavy atom. The number of hydrogen-bond acceptors (Lipinski definition) is 4. The minimum atomic E-state index is -0.850. The van der Waals surface area contributed by atoms with Gasteiger partial charge < -0.3 is 9.84 Å². The molecule has 0 unspecified atom stereocenters. The fourth-order valence-corrected chi connectivity index (χ4v) is 2.97. The Kier molecular flexibility index (Phi) is 3.15. The zero-order chi connectivity index (χ0) is 14.1. The molecule has 0 spiro atoms. The number of hydrogen-bond donors (Lipinski definition) is 1. The molecule has 0 fully saturated rings. The summed E-state index contributed by atoms with van der Waals surface area (Å²) >= 11 is 1.43. The van der Waals surface area contributed by atoms with Gasteiger partial charge in [0.15, 0.2) is 4.96 Å². The lowest BCUT2D eigenvalue weighted by Gasteiger charge is -2.04. The minimum Gasteiger partial charge on any atom is -0.496 e. The van der Waals surface area contributed by atoms with Crippen molar-refractivity contribution in [1.29, 1.82) is 0 Å². The third kappa shape index (κ3) is 2.14. The van der Waals surface area contributed by atoms with E-state index in [4.69, 9.17) is 9.84 Å². The van der Waals surface area contributed by atoms with Crippen LogP contribution in [0, 0.1) is 0 Å². The van der Waals surface area contributed by atoms with Crippen molar-refractivity contribution in [2.75, 3.05) is 7.11 Å². The largest absolute Gasteiger partial charge is 0.496 e. The van der Waals surface area contributed by atoms with Crippen LogP contribution in [0.15, 0.2) is 35.8 Å². The number of aliphatic carboxylic acids is 1. The van der Waals surface area contributed by atoms with E-state index >= 15 is 0 Å². The van der Waals surface area contributed by atoms with Crippen molar-refractivity contribution < 1.29 is 14.6 Å². The summed E-state index contributed by atoms with van der Waals surface area (Å²) in [7, 11) is 1.62. The van der Waals surface area contributed by atoms with Crippen LogP contribution in [0.3, 0.4) is 0 Å². The van der Waals surface area contributed by atoms with Crippen molar-refractivity contribution in [3.8, 4) is 17.0 Å². The van der Waals surface area contributed by atoms with Crippen molar-refractivity contribution >= 4 is 22.3 Å². The van der Waals surface area contributed by atoms with Gasteiger partial charge in [0.2, 0.25) is 0 Å². The Labute approximate surface area is 119 Å². The molecule has 0 saturated carbocycles. The number of para-hydroxylation sites is 1. The number of carboxylic acid groups (broad SMARTS) is 1. The van der Waals surface area contributed by atoms with Crippen LogP contribution in [-0.4, -0.2) is 27.6 Å². The van der Waals surface area contributed by atoms with E-state index in [1.807, 2.05) is 40.2 Å². The van der Waals surface area contributed by atoms with Gasteiger partial charge in [-0.2, -0.15) is 0 Å². The first-order valence-corrected chi connectivity index (χ1v) is 6.87. The van der Waals surface area contributed by atoms with Gasteiger partial charge in [-0.05, 0) is 12.1 Å². The summed E-state index contributed by atoms with van der Waals surface area (Å²) < 4.78 is 7.15. The van der Waals surface area contributed by atoms with Crippen LogP contribution in [0.4, 0.5) is 0 Å². The summed E-state index contributed by atoms with van der Waals surface area (Å²) in [5.41, 5.74) is 2.40. The number of aromatic nitrogens is 2. The van der Waals surface area contributed by atoms with E-state index in [0.29, 0.717) is 0 Å². The van der Waals surface area contributed by atoms with Gasteiger partial charge in [-0.3, -0.25) is 9.20 Å². The molecule has 20 heavy (non-hydrogen) atoms. The van der Waals surface area contributed by atoms with Gasteiger partial charge in [-0.1, -0.05) is 12.1 Å².